The lowest BCUT2D eigenvalue weighted by atomic mass is 10.0. The summed E-state index contributed by atoms with van der Waals surface area (Å²) in [7, 11) is 0. The largest absolute Gasteiger partial charge is 0.394 e. The Hall–Kier alpha value is -0.890. The molecule has 0 saturated heterocycles. The van der Waals surface area contributed by atoms with E-state index in [2.05, 4.69) is 10.6 Å². The number of hydrogen-bond donors (Lipinski definition) is 5. The van der Waals surface area contributed by atoms with E-state index in [1.165, 1.54) is 0 Å². The Morgan fingerprint density at radius 3 is 2.05 bits per heavy atom. The predicted molar refractivity (Wildman–Crippen MR) is 77.1 cm³/mol. The van der Waals surface area contributed by atoms with E-state index >= 15 is 0 Å². The van der Waals surface area contributed by atoms with Crippen molar-refractivity contribution in [2.45, 2.75) is 5.54 Å². The quantitative estimate of drug-likeness (QED) is 0.495. The minimum absolute atomic E-state index is 0.233. The molecule has 1 amide bonds. The van der Waals surface area contributed by atoms with Crippen LogP contribution in [-0.4, -0.2) is 53.1 Å². The van der Waals surface area contributed by atoms with Crippen molar-refractivity contribution < 1.29 is 20.1 Å². The number of aliphatic hydroxyl groups excluding tert-OH is 3. The van der Waals surface area contributed by atoms with Gasteiger partial charge in [-0.25, -0.2) is 0 Å². The lowest BCUT2D eigenvalue weighted by molar-refractivity contribution is -0.116. The molecule has 6 nitrogen and oxygen atoms in total. The minimum atomic E-state index is -1.32. The second-order valence-electron chi connectivity index (χ2n) is 4.25. The van der Waals surface area contributed by atoms with Gasteiger partial charge in [0.05, 0.1) is 47.6 Å². The van der Waals surface area contributed by atoms with Crippen LogP contribution in [0.25, 0.3) is 0 Å². The van der Waals surface area contributed by atoms with Crippen LogP contribution in [0.1, 0.15) is 0 Å². The van der Waals surface area contributed by atoms with Crippen molar-refractivity contribution in [1.82, 2.24) is 5.32 Å². The summed E-state index contributed by atoms with van der Waals surface area (Å²) in [6.07, 6.45) is 0. The van der Waals surface area contributed by atoms with Gasteiger partial charge < -0.3 is 20.6 Å². The number of amides is 1. The molecule has 1 aromatic carbocycles. The van der Waals surface area contributed by atoms with Gasteiger partial charge in [0.2, 0.25) is 5.91 Å². The van der Waals surface area contributed by atoms with E-state index in [-0.39, 0.29) is 12.2 Å². The SMILES string of the molecule is O=C(CNC(CO)(CO)CO)Nc1c(Cl)cccc1Cl. The molecule has 0 bridgehead atoms. The highest BCUT2D eigenvalue weighted by Gasteiger charge is 2.28. The molecule has 0 aliphatic carbocycles. The summed E-state index contributed by atoms with van der Waals surface area (Å²) >= 11 is 11.8. The van der Waals surface area contributed by atoms with Crippen LogP contribution in [-0.2, 0) is 4.79 Å². The lowest BCUT2D eigenvalue weighted by Gasteiger charge is -2.28. The standard InChI is InChI=1S/C12H16Cl2N2O4/c13-8-2-1-3-9(14)11(8)16-10(20)4-15-12(5-17,6-18)7-19/h1-3,15,17-19H,4-7H2,(H,16,20). The highest BCUT2D eigenvalue weighted by atomic mass is 35.5. The number of aliphatic hydroxyl groups is 3. The average molecular weight is 323 g/mol. The van der Waals surface area contributed by atoms with Gasteiger partial charge in [-0.1, -0.05) is 29.3 Å². The maximum Gasteiger partial charge on any atom is 0.238 e. The third-order valence-corrected chi connectivity index (χ3v) is 3.39. The second kappa shape index (κ2) is 7.78. The summed E-state index contributed by atoms with van der Waals surface area (Å²) in [4.78, 5) is 11.8. The number of halogens is 2. The van der Waals surface area contributed by atoms with Crippen molar-refractivity contribution in [2.24, 2.45) is 0 Å². The van der Waals surface area contributed by atoms with Crippen molar-refractivity contribution in [3.05, 3.63) is 28.2 Å². The Kier molecular flexibility index (Phi) is 6.67. The molecule has 0 spiro atoms. The molecule has 20 heavy (non-hydrogen) atoms. The molecule has 0 aliphatic rings. The summed E-state index contributed by atoms with van der Waals surface area (Å²) in [5.41, 5.74) is -1.04. The molecule has 0 radical (unpaired) electrons. The van der Waals surface area contributed by atoms with Crippen LogP contribution in [0.2, 0.25) is 10.0 Å². The van der Waals surface area contributed by atoms with Crippen LogP contribution in [0.5, 0.6) is 0 Å². The molecule has 0 fully saturated rings. The number of carbonyl (C=O) groups excluding carboxylic acids is 1. The Balaban J connectivity index is 2.65. The van der Waals surface area contributed by atoms with Gasteiger partial charge in [-0.2, -0.15) is 0 Å². The maximum atomic E-state index is 11.8. The van der Waals surface area contributed by atoms with Gasteiger partial charge in [-0.3, -0.25) is 10.1 Å². The smallest absolute Gasteiger partial charge is 0.238 e. The van der Waals surface area contributed by atoms with E-state index in [4.69, 9.17) is 38.5 Å². The second-order valence-corrected chi connectivity index (χ2v) is 5.07. The first-order valence-corrected chi connectivity index (χ1v) is 6.55. The van der Waals surface area contributed by atoms with Gasteiger partial charge in [-0.05, 0) is 12.1 Å². The number of benzene rings is 1. The van der Waals surface area contributed by atoms with Gasteiger partial charge in [0.25, 0.3) is 0 Å². The molecular formula is C12H16Cl2N2O4. The highest BCUT2D eigenvalue weighted by molar-refractivity contribution is 6.39. The molecule has 5 N–H and O–H groups in total. The third-order valence-electron chi connectivity index (χ3n) is 2.76. The number of hydrogen-bond acceptors (Lipinski definition) is 5. The zero-order chi connectivity index (χ0) is 15.2. The topological polar surface area (TPSA) is 102 Å². The fourth-order valence-corrected chi connectivity index (χ4v) is 1.88. The number of anilines is 1. The van der Waals surface area contributed by atoms with E-state index < -0.39 is 31.3 Å². The normalized spacial score (nSPS) is 11.4. The van der Waals surface area contributed by atoms with E-state index in [1.54, 1.807) is 18.2 Å². The summed E-state index contributed by atoms with van der Waals surface area (Å²) in [5.74, 6) is -0.472. The van der Waals surface area contributed by atoms with Crippen molar-refractivity contribution in [3.8, 4) is 0 Å². The van der Waals surface area contributed by atoms with Crippen LogP contribution < -0.4 is 10.6 Å². The molecule has 0 unspecified atom stereocenters. The molecule has 0 saturated carbocycles. The molecule has 0 heterocycles. The molecule has 112 valence electrons. The average Bonchev–Trinajstić information content (AvgIpc) is 2.45. The Labute approximate surface area is 126 Å². The van der Waals surface area contributed by atoms with Crippen molar-refractivity contribution in [2.75, 3.05) is 31.7 Å². The first kappa shape index (κ1) is 17.2. The maximum absolute atomic E-state index is 11.8. The molecule has 0 aromatic heterocycles. The van der Waals surface area contributed by atoms with Gasteiger partial charge in [0.15, 0.2) is 0 Å². The molecule has 8 heteroatoms. The Morgan fingerprint density at radius 2 is 1.60 bits per heavy atom. The van der Waals surface area contributed by atoms with Gasteiger partial charge in [0.1, 0.15) is 0 Å². The van der Waals surface area contributed by atoms with E-state index in [9.17, 15) is 4.79 Å². The Bertz CT molecular complexity index is 438. The number of para-hydroxylation sites is 1. The van der Waals surface area contributed by atoms with Crippen molar-refractivity contribution >= 4 is 34.8 Å². The molecule has 1 rings (SSSR count). The minimum Gasteiger partial charge on any atom is -0.394 e. The van der Waals surface area contributed by atoms with Gasteiger partial charge in [0, 0.05) is 0 Å². The first-order chi connectivity index (χ1) is 9.48. The van der Waals surface area contributed by atoms with Gasteiger partial charge in [-0.15, -0.1) is 0 Å². The first-order valence-electron chi connectivity index (χ1n) is 5.79. The lowest BCUT2D eigenvalue weighted by Crippen LogP contribution is -2.56. The number of rotatable bonds is 7. The zero-order valence-corrected chi connectivity index (χ0v) is 12.1. The fraction of sp³-hybridized carbons (Fsp3) is 0.417. The Morgan fingerprint density at radius 1 is 1.10 bits per heavy atom. The fourth-order valence-electron chi connectivity index (χ4n) is 1.39. The summed E-state index contributed by atoms with van der Waals surface area (Å²) < 4.78 is 0. The molecular weight excluding hydrogens is 307 g/mol. The summed E-state index contributed by atoms with van der Waals surface area (Å²) in [5, 5.41) is 33.0. The van der Waals surface area contributed by atoms with Crippen LogP contribution in [0.15, 0.2) is 18.2 Å². The van der Waals surface area contributed by atoms with E-state index in [0.717, 1.165) is 0 Å². The van der Waals surface area contributed by atoms with Crippen LogP contribution in [0.3, 0.4) is 0 Å². The molecule has 0 atom stereocenters. The van der Waals surface area contributed by atoms with Crippen molar-refractivity contribution in [1.29, 1.82) is 0 Å². The summed E-state index contributed by atoms with van der Waals surface area (Å²) in [6, 6.07) is 4.80. The summed E-state index contributed by atoms with van der Waals surface area (Å²) in [6.45, 7) is -1.77. The van der Waals surface area contributed by atoms with Crippen molar-refractivity contribution in [3.63, 3.8) is 0 Å². The zero-order valence-electron chi connectivity index (χ0n) is 10.6. The third kappa shape index (κ3) is 4.31. The molecule has 0 aliphatic heterocycles. The predicted octanol–water partition coefficient (Wildman–Crippen LogP) is 0.237. The monoisotopic (exact) mass is 322 g/mol. The van der Waals surface area contributed by atoms with E-state index in [0.29, 0.717) is 10.0 Å². The van der Waals surface area contributed by atoms with Crippen LogP contribution >= 0.6 is 23.2 Å². The highest BCUT2D eigenvalue weighted by Crippen LogP contribution is 2.29. The van der Waals surface area contributed by atoms with E-state index in [1.807, 2.05) is 0 Å². The van der Waals surface area contributed by atoms with Crippen LogP contribution in [0.4, 0.5) is 5.69 Å². The number of carbonyl (C=O) groups is 1. The van der Waals surface area contributed by atoms with Crippen LogP contribution in [0, 0.1) is 0 Å². The molecule has 1 aromatic rings. The van der Waals surface area contributed by atoms with Gasteiger partial charge >= 0.3 is 0 Å². The number of nitrogens with one attached hydrogen (secondary N) is 2.